The summed E-state index contributed by atoms with van der Waals surface area (Å²) in [6, 6.07) is 9.82. The van der Waals surface area contributed by atoms with E-state index in [9.17, 15) is 0 Å². The van der Waals surface area contributed by atoms with Gasteiger partial charge in [0, 0.05) is 32.7 Å². The molecule has 1 N–H and O–H groups in total. The maximum absolute atomic E-state index is 6.28. The number of nitrogens with zero attached hydrogens (tertiary/aromatic N) is 1. The van der Waals surface area contributed by atoms with Gasteiger partial charge in [0.2, 0.25) is 0 Å². The molecule has 4 heteroatoms. The van der Waals surface area contributed by atoms with Crippen LogP contribution in [-0.4, -0.2) is 49.6 Å². The van der Waals surface area contributed by atoms with Crippen LogP contribution in [0.15, 0.2) is 30.3 Å². The predicted octanol–water partition coefficient (Wildman–Crippen LogP) is 1.58. The first-order chi connectivity index (χ1) is 8.34. The lowest BCUT2D eigenvalue weighted by Crippen LogP contribution is -2.46. The Bertz CT molecular complexity index is 314. The highest BCUT2D eigenvalue weighted by molar-refractivity contribution is 6.20. The second-order valence-corrected chi connectivity index (χ2v) is 4.89. The molecule has 1 heterocycles. The lowest BCUT2D eigenvalue weighted by atomic mass is 10.3. The number of nitrogens with one attached hydrogen (secondary N) is 1. The molecule has 0 aromatic heterocycles. The van der Waals surface area contributed by atoms with Gasteiger partial charge in [-0.3, -0.25) is 4.90 Å². The monoisotopic (exact) mass is 254 g/mol. The van der Waals surface area contributed by atoms with Gasteiger partial charge >= 0.3 is 0 Å². The maximum atomic E-state index is 6.28. The highest BCUT2D eigenvalue weighted by Crippen LogP contribution is 2.10. The van der Waals surface area contributed by atoms with Gasteiger partial charge in [-0.15, -0.1) is 11.6 Å². The number of halogens is 1. The van der Waals surface area contributed by atoms with Gasteiger partial charge in [0.25, 0.3) is 0 Å². The van der Waals surface area contributed by atoms with Crippen LogP contribution in [0.4, 0.5) is 0 Å². The summed E-state index contributed by atoms with van der Waals surface area (Å²) in [5.74, 6) is 0.887. The molecule has 17 heavy (non-hydrogen) atoms. The third-order valence-electron chi connectivity index (χ3n) is 2.84. The van der Waals surface area contributed by atoms with Crippen LogP contribution in [0.2, 0.25) is 0 Å². The molecular formula is C13H19ClN2O. The molecule has 0 amide bonds. The number of para-hydroxylation sites is 1. The topological polar surface area (TPSA) is 24.5 Å². The Morgan fingerprint density at radius 1 is 1.24 bits per heavy atom. The molecule has 0 radical (unpaired) electrons. The lowest BCUT2D eigenvalue weighted by Gasteiger charge is -2.28. The molecule has 1 aliphatic rings. The first kappa shape index (κ1) is 12.7. The summed E-state index contributed by atoms with van der Waals surface area (Å²) >= 11 is 6.28. The Morgan fingerprint density at radius 3 is 2.65 bits per heavy atom. The predicted molar refractivity (Wildman–Crippen MR) is 70.9 cm³/mol. The molecule has 1 atom stereocenters. The summed E-state index contributed by atoms with van der Waals surface area (Å²) in [6.45, 7) is 5.74. The van der Waals surface area contributed by atoms with Gasteiger partial charge in [0.1, 0.15) is 12.4 Å². The van der Waals surface area contributed by atoms with Crippen molar-refractivity contribution >= 4 is 11.6 Å². The van der Waals surface area contributed by atoms with Crippen LogP contribution in [0.5, 0.6) is 5.75 Å². The summed E-state index contributed by atoms with van der Waals surface area (Å²) in [4.78, 5) is 2.38. The minimum atomic E-state index is 0.0494. The molecule has 0 aliphatic carbocycles. The van der Waals surface area contributed by atoms with Crippen molar-refractivity contribution in [3.63, 3.8) is 0 Å². The number of piperazine rings is 1. The molecule has 0 bridgehead atoms. The van der Waals surface area contributed by atoms with E-state index < -0.39 is 0 Å². The zero-order valence-corrected chi connectivity index (χ0v) is 10.7. The average Bonchev–Trinajstić information content (AvgIpc) is 2.39. The molecule has 1 aromatic rings. The second-order valence-electron chi connectivity index (χ2n) is 4.27. The molecule has 94 valence electrons. The number of alkyl halides is 1. The van der Waals surface area contributed by atoms with E-state index in [-0.39, 0.29) is 5.38 Å². The highest BCUT2D eigenvalue weighted by Gasteiger charge is 2.14. The van der Waals surface area contributed by atoms with Crippen LogP contribution in [-0.2, 0) is 0 Å². The Hall–Kier alpha value is -0.770. The van der Waals surface area contributed by atoms with Crippen molar-refractivity contribution in [1.82, 2.24) is 10.2 Å². The number of hydrogen-bond acceptors (Lipinski definition) is 3. The molecule has 2 rings (SSSR count). The molecule has 0 spiro atoms. The van der Waals surface area contributed by atoms with E-state index >= 15 is 0 Å². The zero-order valence-electron chi connectivity index (χ0n) is 9.94. The fourth-order valence-electron chi connectivity index (χ4n) is 1.93. The van der Waals surface area contributed by atoms with E-state index in [4.69, 9.17) is 16.3 Å². The minimum absolute atomic E-state index is 0.0494. The third kappa shape index (κ3) is 4.54. The van der Waals surface area contributed by atoms with Gasteiger partial charge in [-0.25, -0.2) is 0 Å². The molecule has 0 saturated carbocycles. The molecule has 1 aromatic carbocycles. The summed E-state index contributed by atoms with van der Waals surface area (Å²) < 4.78 is 5.64. The van der Waals surface area contributed by atoms with Crippen LogP contribution in [0, 0.1) is 0 Å². The number of ether oxygens (including phenoxy) is 1. The van der Waals surface area contributed by atoms with Crippen LogP contribution in [0.3, 0.4) is 0 Å². The average molecular weight is 255 g/mol. The summed E-state index contributed by atoms with van der Waals surface area (Å²) in [7, 11) is 0. The van der Waals surface area contributed by atoms with Crippen LogP contribution >= 0.6 is 11.6 Å². The molecule has 1 fully saturated rings. The minimum Gasteiger partial charge on any atom is -0.492 e. The molecular weight excluding hydrogens is 236 g/mol. The van der Waals surface area contributed by atoms with E-state index in [0.717, 1.165) is 38.5 Å². The fourth-order valence-corrected chi connectivity index (χ4v) is 2.19. The Labute approximate surface area is 108 Å². The molecule has 1 aliphatic heterocycles. The van der Waals surface area contributed by atoms with Gasteiger partial charge in [-0.2, -0.15) is 0 Å². The van der Waals surface area contributed by atoms with Gasteiger partial charge in [0.15, 0.2) is 0 Å². The standard InChI is InChI=1S/C13H19ClN2O/c14-12(10-16-8-6-15-7-9-16)11-17-13-4-2-1-3-5-13/h1-5,12,15H,6-11H2. The van der Waals surface area contributed by atoms with E-state index in [1.54, 1.807) is 0 Å². The van der Waals surface area contributed by atoms with Crippen LogP contribution < -0.4 is 10.1 Å². The number of rotatable bonds is 5. The maximum Gasteiger partial charge on any atom is 0.119 e. The molecule has 1 unspecified atom stereocenters. The first-order valence-corrected chi connectivity index (χ1v) is 6.53. The lowest BCUT2D eigenvalue weighted by molar-refractivity contribution is 0.217. The van der Waals surface area contributed by atoms with Crippen molar-refractivity contribution < 1.29 is 4.74 Å². The summed E-state index contributed by atoms with van der Waals surface area (Å²) in [6.07, 6.45) is 0. The Kier molecular flexibility index (Phi) is 5.10. The SMILES string of the molecule is ClC(COc1ccccc1)CN1CCNCC1. The Morgan fingerprint density at radius 2 is 1.94 bits per heavy atom. The largest absolute Gasteiger partial charge is 0.492 e. The van der Waals surface area contributed by atoms with Gasteiger partial charge < -0.3 is 10.1 Å². The first-order valence-electron chi connectivity index (χ1n) is 6.09. The summed E-state index contributed by atoms with van der Waals surface area (Å²) in [5, 5.41) is 3.38. The van der Waals surface area contributed by atoms with E-state index in [1.165, 1.54) is 0 Å². The van der Waals surface area contributed by atoms with Crippen molar-refractivity contribution in [2.45, 2.75) is 5.38 Å². The second kappa shape index (κ2) is 6.84. The van der Waals surface area contributed by atoms with Gasteiger partial charge in [-0.1, -0.05) is 18.2 Å². The van der Waals surface area contributed by atoms with E-state index in [0.29, 0.717) is 6.61 Å². The normalized spacial score (nSPS) is 18.9. The fraction of sp³-hybridized carbons (Fsp3) is 0.538. The third-order valence-corrected chi connectivity index (χ3v) is 3.10. The smallest absolute Gasteiger partial charge is 0.119 e. The van der Waals surface area contributed by atoms with Gasteiger partial charge in [0.05, 0.1) is 5.38 Å². The van der Waals surface area contributed by atoms with Crippen LogP contribution in [0.1, 0.15) is 0 Å². The molecule has 3 nitrogen and oxygen atoms in total. The highest BCUT2D eigenvalue weighted by atomic mass is 35.5. The summed E-state index contributed by atoms with van der Waals surface area (Å²) in [5.41, 5.74) is 0. The number of benzene rings is 1. The molecule has 1 saturated heterocycles. The van der Waals surface area contributed by atoms with Crippen molar-refractivity contribution in [1.29, 1.82) is 0 Å². The van der Waals surface area contributed by atoms with Crippen molar-refractivity contribution in [2.24, 2.45) is 0 Å². The van der Waals surface area contributed by atoms with Crippen molar-refractivity contribution in [3.05, 3.63) is 30.3 Å². The van der Waals surface area contributed by atoms with Gasteiger partial charge in [-0.05, 0) is 12.1 Å². The van der Waals surface area contributed by atoms with Crippen molar-refractivity contribution in [3.8, 4) is 5.75 Å². The van der Waals surface area contributed by atoms with Crippen LogP contribution in [0.25, 0.3) is 0 Å². The quantitative estimate of drug-likeness (QED) is 0.808. The van der Waals surface area contributed by atoms with E-state index in [2.05, 4.69) is 10.2 Å². The number of hydrogen-bond donors (Lipinski definition) is 1. The Balaban J connectivity index is 1.68. The van der Waals surface area contributed by atoms with Crippen molar-refractivity contribution in [2.75, 3.05) is 39.3 Å². The van der Waals surface area contributed by atoms with E-state index in [1.807, 2.05) is 30.3 Å². The zero-order chi connectivity index (χ0) is 11.9.